The second-order valence-electron chi connectivity index (χ2n) is 5.75. The number of aliphatic hydroxyl groups is 1. The SMILES string of the molecule is CCNC(C)c1ccc(N(C)C2CCCCC2O)cn1. The lowest BCUT2D eigenvalue weighted by Crippen LogP contribution is -2.43. The first kappa shape index (κ1) is 15.3. The minimum atomic E-state index is -0.214. The first-order valence-electron chi connectivity index (χ1n) is 7.73. The largest absolute Gasteiger partial charge is 0.391 e. The van der Waals surface area contributed by atoms with Gasteiger partial charge in [-0.3, -0.25) is 4.98 Å². The van der Waals surface area contributed by atoms with E-state index >= 15 is 0 Å². The van der Waals surface area contributed by atoms with Gasteiger partial charge in [0.25, 0.3) is 0 Å². The van der Waals surface area contributed by atoms with Gasteiger partial charge in [-0.1, -0.05) is 19.8 Å². The lowest BCUT2D eigenvalue weighted by molar-refractivity contribution is 0.106. The maximum absolute atomic E-state index is 10.1. The second-order valence-corrected chi connectivity index (χ2v) is 5.75. The predicted octanol–water partition coefficient (Wildman–Crippen LogP) is 2.49. The number of hydrogen-bond donors (Lipinski definition) is 2. The summed E-state index contributed by atoms with van der Waals surface area (Å²) >= 11 is 0. The third kappa shape index (κ3) is 3.49. The lowest BCUT2D eigenvalue weighted by atomic mass is 9.91. The number of aliphatic hydroxyl groups excluding tert-OH is 1. The van der Waals surface area contributed by atoms with Crippen molar-refractivity contribution in [3.63, 3.8) is 0 Å². The molecule has 1 aromatic rings. The summed E-state index contributed by atoms with van der Waals surface area (Å²) in [4.78, 5) is 6.73. The monoisotopic (exact) mass is 277 g/mol. The zero-order valence-corrected chi connectivity index (χ0v) is 12.8. The molecule has 20 heavy (non-hydrogen) atoms. The Morgan fingerprint density at radius 2 is 2.15 bits per heavy atom. The summed E-state index contributed by atoms with van der Waals surface area (Å²) in [6.07, 6.45) is 6.03. The van der Waals surface area contributed by atoms with Gasteiger partial charge >= 0.3 is 0 Å². The van der Waals surface area contributed by atoms with E-state index < -0.39 is 0 Å². The number of nitrogens with one attached hydrogen (secondary N) is 1. The van der Waals surface area contributed by atoms with Crippen molar-refractivity contribution in [1.82, 2.24) is 10.3 Å². The van der Waals surface area contributed by atoms with E-state index in [0.717, 1.165) is 37.2 Å². The molecule has 0 spiro atoms. The first-order chi connectivity index (χ1) is 9.63. The highest BCUT2D eigenvalue weighted by molar-refractivity contribution is 5.45. The minimum absolute atomic E-state index is 0.214. The van der Waals surface area contributed by atoms with E-state index in [1.165, 1.54) is 6.42 Å². The van der Waals surface area contributed by atoms with Gasteiger partial charge < -0.3 is 15.3 Å². The molecule has 0 bridgehead atoms. The summed E-state index contributed by atoms with van der Waals surface area (Å²) in [5.74, 6) is 0. The third-order valence-corrected chi connectivity index (χ3v) is 4.32. The Morgan fingerprint density at radius 1 is 1.40 bits per heavy atom. The average Bonchev–Trinajstić information content (AvgIpc) is 2.47. The summed E-state index contributed by atoms with van der Waals surface area (Å²) in [6, 6.07) is 4.69. The highest BCUT2D eigenvalue weighted by Gasteiger charge is 2.26. The maximum Gasteiger partial charge on any atom is 0.0743 e. The molecule has 3 unspecified atom stereocenters. The molecule has 4 heteroatoms. The van der Waals surface area contributed by atoms with Crippen molar-refractivity contribution in [3.8, 4) is 0 Å². The van der Waals surface area contributed by atoms with Crippen molar-refractivity contribution in [2.75, 3.05) is 18.5 Å². The van der Waals surface area contributed by atoms with Crippen molar-refractivity contribution in [2.45, 2.75) is 57.7 Å². The second kappa shape index (κ2) is 7.04. The van der Waals surface area contributed by atoms with Crippen LogP contribution in [0.3, 0.4) is 0 Å². The number of nitrogens with zero attached hydrogens (tertiary/aromatic N) is 2. The molecular weight excluding hydrogens is 250 g/mol. The van der Waals surface area contributed by atoms with Crippen LogP contribution in [0.2, 0.25) is 0 Å². The summed E-state index contributed by atoms with van der Waals surface area (Å²) in [6.45, 7) is 5.17. The van der Waals surface area contributed by atoms with E-state index in [1.54, 1.807) is 0 Å². The predicted molar refractivity (Wildman–Crippen MR) is 83.0 cm³/mol. The van der Waals surface area contributed by atoms with Gasteiger partial charge in [-0.25, -0.2) is 0 Å². The molecule has 0 saturated heterocycles. The van der Waals surface area contributed by atoms with Crippen molar-refractivity contribution in [1.29, 1.82) is 0 Å². The first-order valence-corrected chi connectivity index (χ1v) is 7.73. The Balaban J connectivity index is 2.05. The highest BCUT2D eigenvalue weighted by atomic mass is 16.3. The molecule has 1 aromatic heterocycles. The molecule has 1 fully saturated rings. The molecule has 0 aliphatic heterocycles. The van der Waals surface area contributed by atoms with Crippen LogP contribution < -0.4 is 10.2 Å². The van der Waals surface area contributed by atoms with Gasteiger partial charge in [0.05, 0.1) is 29.7 Å². The van der Waals surface area contributed by atoms with Gasteiger partial charge in [-0.05, 0) is 38.4 Å². The molecule has 2 N–H and O–H groups in total. The fourth-order valence-corrected chi connectivity index (χ4v) is 3.01. The van der Waals surface area contributed by atoms with Crippen LogP contribution in [0.4, 0.5) is 5.69 Å². The molecule has 1 aliphatic carbocycles. The number of pyridine rings is 1. The van der Waals surface area contributed by atoms with E-state index in [2.05, 4.69) is 48.2 Å². The van der Waals surface area contributed by atoms with E-state index in [1.807, 2.05) is 6.20 Å². The fraction of sp³-hybridized carbons (Fsp3) is 0.688. The Bertz CT molecular complexity index is 407. The Kier molecular flexibility index (Phi) is 5.38. The van der Waals surface area contributed by atoms with Crippen LogP contribution >= 0.6 is 0 Å². The van der Waals surface area contributed by atoms with Gasteiger partial charge in [-0.15, -0.1) is 0 Å². The van der Waals surface area contributed by atoms with E-state index in [9.17, 15) is 5.11 Å². The zero-order valence-electron chi connectivity index (χ0n) is 12.8. The molecule has 1 heterocycles. The van der Waals surface area contributed by atoms with Gasteiger partial charge in [0, 0.05) is 13.1 Å². The highest BCUT2D eigenvalue weighted by Crippen LogP contribution is 2.26. The normalized spacial score (nSPS) is 24.4. The fourth-order valence-electron chi connectivity index (χ4n) is 3.01. The molecule has 0 amide bonds. The van der Waals surface area contributed by atoms with Gasteiger partial charge in [0.1, 0.15) is 0 Å². The minimum Gasteiger partial charge on any atom is -0.391 e. The molecule has 0 radical (unpaired) electrons. The van der Waals surface area contributed by atoms with Crippen LogP contribution in [0.25, 0.3) is 0 Å². The number of hydrogen-bond acceptors (Lipinski definition) is 4. The number of rotatable bonds is 5. The van der Waals surface area contributed by atoms with Crippen LogP contribution in [-0.2, 0) is 0 Å². The van der Waals surface area contributed by atoms with E-state index in [0.29, 0.717) is 0 Å². The van der Waals surface area contributed by atoms with Crippen LogP contribution in [-0.4, -0.2) is 35.8 Å². The summed E-state index contributed by atoms with van der Waals surface area (Å²) in [5, 5.41) is 13.5. The Morgan fingerprint density at radius 3 is 2.75 bits per heavy atom. The Labute approximate surface area is 122 Å². The standard InChI is InChI=1S/C16H27N3O/c1-4-17-12(2)14-10-9-13(11-18-14)19(3)15-7-5-6-8-16(15)20/h9-12,15-17,20H,4-8H2,1-3H3. The quantitative estimate of drug-likeness (QED) is 0.868. The maximum atomic E-state index is 10.1. The molecule has 2 rings (SSSR count). The van der Waals surface area contributed by atoms with Crippen LogP contribution in [0.1, 0.15) is 51.3 Å². The average molecular weight is 277 g/mol. The van der Waals surface area contributed by atoms with Crippen molar-refractivity contribution < 1.29 is 5.11 Å². The van der Waals surface area contributed by atoms with Crippen LogP contribution in [0.15, 0.2) is 18.3 Å². The third-order valence-electron chi connectivity index (χ3n) is 4.32. The molecule has 1 saturated carbocycles. The summed E-state index contributed by atoms with van der Waals surface area (Å²) < 4.78 is 0. The lowest BCUT2D eigenvalue weighted by Gasteiger charge is -2.36. The molecule has 0 aromatic carbocycles. The number of anilines is 1. The number of likely N-dealkylation sites (N-methyl/N-ethyl adjacent to an activating group) is 1. The zero-order chi connectivity index (χ0) is 14.5. The van der Waals surface area contributed by atoms with Crippen molar-refractivity contribution in [2.24, 2.45) is 0 Å². The molecule has 4 nitrogen and oxygen atoms in total. The van der Waals surface area contributed by atoms with E-state index in [4.69, 9.17) is 0 Å². The van der Waals surface area contributed by atoms with Crippen molar-refractivity contribution >= 4 is 5.69 Å². The van der Waals surface area contributed by atoms with Crippen molar-refractivity contribution in [3.05, 3.63) is 24.0 Å². The molecule has 1 aliphatic rings. The van der Waals surface area contributed by atoms with E-state index in [-0.39, 0.29) is 18.2 Å². The Hall–Kier alpha value is -1.13. The van der Waals surface area contributed by atoms with Gasteiger partial charge in [0.2, 0.25) is 0 Å². The van der Waals surface area contributed by atoms with Gasteiger partial charge in [-0.2, -0.15) is 0 Å². The van der Waals surface area contributed by atoms with Crippen LogP contribution in [0.5, 0.6) is 0 Å². The molecule has 112 valence electrons. The van der Waals surface area contributed by atoms with Gasteiger partial charge in [0.15, 0.2) is 0 Å². The molecule has 3 atom stereocenters. The topological polar surface area (TPSA) is 48.4 Å². The summed E-state index contributed by atoms with van der Waals surface area (Å²) in [7, 11) is 2.06. The number of aromatic nitrogens is 1. The van der Waals surface area contributed by atoms with Crippen LogP contribution in [0, 0.1) is 0 Å². The summed E-state index contributed by atoms with van der Waals surface area (Å²) in [5.41, 5.74) is 2.15. The molecular formula is C16H27N3O. The smallest absolute Gasteiger partial charge is 0.0743 e.